The highest BCUT2D eigenvalue weighted by Crippen LogP contribution is 2.39. The molecule has 2 atom stereocenters. The molecule has 3 aromatic carbocycles. The molecule has 2 aliphatic rings. The lowest BCUT2D eigenvalue weighted by Crippen LogP contribution is -2.25. The van der Waals surface area contributed by atoms with E-state index < -0.39 is 5.25 Å². The summed E-state index contributed by atoms with van der Waals surface area (Å²) in [5, 5.41) is 10.1. The minimum absolute atomic E-state index is 0.0267. The molecular formula is C28H25ClN4O3S. The standard InChI is InChI=1S/C28H25ClN4O3S/c1-17-3-11-21(12-4-17)30-26(34)16-25-27(35)31-28(37-25)33-24(19-5-9-20(29)10-6-19)15-23(32-33)18-7-13-22(36-2)14-8-18/h3-14,24-25H,15-16H2,1-2H3,(H,30,34). The van der Waals surface area contributed by atoms with E-state index in [4.69, 9.17) is 21.4 Å². The lowest BCUT2D eigenvalue weighted by Gasteiger charge is -2.23. The molecule has 2 unspecified atom stereocenters. The molecule has 0 aromatic heterocycles. The van der Waals surface area contributed by atoms with Crippen LogP contribution in [0, 0.1) is 6.92 Å². The molecule has 0 saturated heterocycles. The second-order valence-corrected chi connectivity index (χ2v) is 10.5. The van der Waals surface area contributed by atoms with Crippen molar-refractivity contribution in [3.8, 4) is 5.75 Å². The summed E-state index contributed by atoms with van der Waals surface area (Å²) in [6.45, 7) is 1.98. The van der Waals surface area contributed by atoms with Gasteiger partial charge < -0.3 is 10.1 Å². The van der Waals surface area contributed by atoms with Crippen LogP contribution in [-0.4, -0.2) is 40.1 Å². The van der Waals surface area contributed by atoms with Crippen LogP contribution in [0.4, 0.5) is 5.69 Å². The first-order valence-electron chi connectivity index (χ1n) is 11.8. The molecule has 0 saturated carbocycles. The molecule has 3 aromatic rings. The summed E-state index contributed by atoms with van der Waals surface area (Å²) in [5.41, 5.74) is 4.65. The molecule has 2 amide bonds. The molecule has 0 fully saturated rings. The Balaban J connectivity index is 1.35. The lowest BCUT2D eigenvalue weighted by atomic mass is 9.98. The van der Waals surface area contributed by atoms with Crippen LogP contribution in [0.25, 0.3) is 0 Å². The van der Waals surface area contributed by atoms with Crippen molar-refractivity contribution in [3.63, 3.8) is 0 Å². The molecule has 0 radical (unpaired) electrons. The van der Waals surface area contributed by atoms with Gasteiger partial charge in [0.15, 0.2) is 5.17 Å². The van der Waals surface area contributed by atoms with Crippen molar-refractivity contribution in [3.05, 3.63) is 94.5 Å². The van der Waals surface area contributed by atoms with Crippen molar-refractivity contribution in [1.29, 1.82) is 0 Å². The van der Waals surface area contributed by atoms with E-state index >= 15 is 0 Å². The van der Waals surface area contributed by atoms with Gasteiger partial charge in [-0.25, -0.2) is 5.01 Å². The van der Waals surface area contributed by atoms with Crippen LogP contribution in [-0.2, 0) is 9.59 Å². The van der Waals surface area contributed by atoms with Crippen molar-refractivity contribution in [2.24, 2.45) is 10.1 Å². The average Bonchev–Trinajstić information content (AvgIpc) is 3.50. The van der Waals surface area contributed by atoms with Gasteiger partial charge in [0.05, 0.1) is 18.9 Å². The Labute approximate surface area is 224 Å². The van der Waals surface area contributed by atoms with Crippen LogP contribution in [0.3, 0.4) is 0 Å². The van der Waals surface area contributed by atoms with Crippen LogP contribution in [0.2, 0.25) is 5.02 Å². The first-order valence-corrected chi connectivity index (χ1v) is 13.1. The summed E-state index contributed by atoms with van der Waals surface area (Å²) < 4.78 is 5.28. The van der Waals surface area contributed by atoms with E-state index in [2.05, 4.69) is 10.3 Å². The third-order valence-corrected chi connectivity index (χ3v) is 7.61. The molecule has 37 heavy (non-hydrogen) atoms. The molecule has 5 rings (SSSR count). The van der Waals surface area contributed by atoms with Gasteiger partial charge in [-0.15, -0.1) is 0 Å². The van der Waals surface area contributed by atoms with Crippen LogP contribution in [0.15, 0.2) is 82.9 Å². The summed E-state index contributed by atoms with van der Waals surface area (Å²) in [6.07, 6.45) is 0.652. The molecule has 2 aliphatic heterocycles. The number of nitrogens with zero attached hydrogens (tertiary/aromatic N) is 3. The number of amides is 2. The number of hydrazone groups is 1. The fourth-order valence-electron chi connectivity index (χ4n) is 4.21. The van der Waals surface area contributed by atoms with Gasteiger partial charge in [0.2, 0.25) is 5.91 Å². The molecule has 1 N–H and O–H groups in total. The molecule has 2 heterocycles. The maximum atomic E-state index is 12.8. The van der Waals surface area contributed by atoms with Gasteiger partial charge in [0.1, 0.15) is 11.0 Å². The average molecular weight is 533 g/mol. The number of hydrogen-bond acceptors (Lipinski definition) is 6. The van der Waals surface area contributed by atoms with Crippen molar-refractivity contribution in [2.75, 3.05) is 12.4 Å². The number of halogens is 1. The summed E-state index contributed by atoms with van der Waals surface area (Å²) >= 11 is 7.40. The van der Waals surface area contributed by atoms with Crippen molar-refractivity contribution in [1.82, 2.24) is 5.01 Å². The Hall–Kier alpha value is -3.62. The van der Waals surface area contributed by atoms with E-state index in [1.165, 1.54) is 11.8 Å². The monoisotopic (exact) mass is 532 g/mol. The Kier molecular flexibility index (Phi) is 7.30. The van der Waals surface area contributed by atoms with Gasteiger partial charge in [0.25, 0.3) is 5.91 Å². The van der Waals surface area contributed by atoms with Gasteiger partial charge in [0, 0.05) is 23.6 Å². The highest BCUT2D eigenvalue weighted by atomic mass is 35.5. The summed E-state index contributed by atoms with van der Waals surface area (Å²) in [7, 11) is 1.63. The second kappa shape index (κ2) is 10.8. The number of benzene rings is 3. The van der Waals surface area contributed by atoms with Crippen LogP contribution < -0.4 is 10.1 Å². The Bertz CT molecular complexity index is 1370. The number of nitrogens with one attached hydrogen (secondary N) is 1. The summed E-state index contributed by atoms with van der Waals surface area (Å²) in [6, 6.07) is 22.7. The minimum atomic E-state index is -0.605. The SMILES string of the molecule is COc1ccc(C2=NN(C3=NC(=O)C(CC(=O)Nc4ccc(C)cc4)S3)C(c3ccc(Cl)cc3)C2)cc1. The topological polar surface area (TPSA) is 83.4 Å². The molecule has 188 valence electrons. The Morgan fingerprint density at radius 3 is 2.46 bits per heavy atom. The quantitative estimate of drug-likeness (QED) is 0.431. The van der Waals surface area contributed by atoms with Gasteiger partial charge in [-0.2, -0.15) is 10.1 Å². The van der Waals surface area contributed by atoms with Gasteiger partial charge >= 0.3 is 0 Å². The second-order valence-electron chi connectivity index (χ2n) is 8.85. The number of carbonyl (C=O) groups is 2. The molecule has 0 bridgehead atoms. The maximum Gasteiger partial charge on any atom is 0.262 e. The largest absolute Gasteiger partial charge is 0.497 e. The number of methoxy groups -OCH3 is 1. The van der Waals surface area contributed by atoms with Gasteiger partial charge in [-0.1, -0.05) is 53.2 Å². The third kappa shape index (κ3) is 5.70. The Morgan fingerprint density at radius 1 is 1.08 bits per heavy atom. The zero-order chi connectivity index (χ0) is 25.9. The van der Waals surface area contributed by atoms with E-state index in [9.17, 15) is 9.59 Å². The maximum absolute atomic E-state index is 12.8. The molecule has 9 heteroatoms. The molecule has 0 aliphatic carbocycles. The first-order chi connectivity index (χ1) is 17.9. The van der Waals surface area contributed by atoms with Crippen LogP contribution in [0.1, 0.15) is 35.6 Å². The molecule has 7 nitrogen and oxygen atoms in total. The summed E-state index contributed by atoms with van der Waals surface area (Å²) in [4.78, 5) is 29.7. The number of hydrogen-bond donors (Lipinski definition) is 1. The van der Waals surface area contributed by atoms with Crippen molar-refractivity contribution >= 4 is 51.7 Å². The number of anilines is 1. The Morgan fingerprint density at radius 2 is 1.78 bits per heavy atom. The van der Waals surface area contributed by atoms with E-state index in [1.54, 1.807) is 12.1 Å². The molecule has 0 spiro atoms. The fourth-order valence-corrected chi connectivity index (χ4v) is 5.40. The van der Waals surface area contributed by atoms with Gasteiger partial charge in [-0.3, -0.25) is 9.59 Å². The predicted molar refractivity (Wildman–Crippen MR) is 148 cm³/mol. The molecular weight excluding hydrogens is 508 g/mol. The van der Waals surface area contributed by atoms with E-state index in [1.807, 2.05) is 79.7 Å². The van der Waals surface area contributed by atoms with E-state index in [-0.39, 0.29) is 24.3 Å². The smallest absolute Gasteiger partial charge is 0.262 e. The number of rotatable bonds is 6. The van der Waals surface area contributed by atoms with Crippen LogP contribution in [0.5, 0.6) is 5.75 Å². The summed E-state index contributed by atoms with van der Waals surface area (Å²) in [5.74, 6) is 0.202. The first kappa shape index (κ1) is 25.0. The number of carbonyl (C=O) groups excluding carboxylic acids is 2. The highest BCUT2D eigenvalue weighted by molar-refractivity contribution is 8.15. The fraction of sp³-hybridized carbons (Fsp3) is 0.214. The third-order valence-electron chi connectivity index (χ3n) is 6.22. The zero-order valence-electron chi connectivity index (χ0n) is 20.3. The van der Waals surface area contributed by atoms with Gasteiger partial charge in [-0.05, 0) is 66.6 Å². The van der Waals surface area contributed by atoms with Crippen molar-refractivity contribution in [2.45, 2.75) is 31.1 Å². The number of aliphatic imine (C=N–C) groups is 1. The zero-order valence-corrected chi connectivity index (χ0v) is 21.9. The predicted octanol–water partition coefficient (Wildman–Crippen LogP) is 5.83. The number of thioether (sulfide) groups is 1. The highest BCUT2D eigenvalue weighted by Gasteiger charge is 2.39. The number of aryl methyl sites for hydroxylation is 1. The minimum Gasteiger partial charge on any atom is -0.497 e. The van der Waals surface area contributed by atoms with Crippen LogP contribution >= 0.6 is 23.4 Å². The van der Waals surface area contributed by atoms with E-state index in [0.717, 1.165) is 28.2 Å². The van der Waals surface area contributed by atoms with Crippen molar-refractivity contribution < 1.29 is 14.3 Å². The normalized spacial score (nSPS) is 19.0. The lowest BCUT2D eigenvalue weighted by molar-refractivity contribution is -0.121. The number of ether oxygens (including phenoxy) is 1. The van der Waals surface area contributed by atoms with E-state index in [0.29, 0.717) is 22.3 Å². The number of amidine groups is 1.